The molecule has 0 aliphatic carbocycles. The highest BCUT2D eigenvalue weighted by molar-refractivity contribution is 5.55. The first-order valence-electron chi connectivity index (χ1n) is 7.75. The van der Waals surface area contributed by atoms with Crippen LogP contribution in [0.2, 0.25) is 0 Å². The third-order valence-corrected chi connectivity index (χ3v) is 3.94. The number of nitrogens with zero attached hydrogens (tertiary/aromatic N) is 1. The standard InChI is InChI=1S/C17H16N4O5/c1-3-25-10-5-4-8(6-11(10)24-2)12-9(7-18)14(19)26-16-13(12)15(22)20-17(23)21-16/h4-6,12H,3,19H2,1-2H3,(H2,20,21,22,23)/t12-/m1/s1. The zero-order valence-electron chi connectivity index (χ0n) is 14.1. The zero-order valence-corrected chi connectivity index (χ0v) is 14.1. The Morgan fingerprint density at radius 3 is 2.73 bits per heavy atom. The summed E-state index contributed by atoms with van der Waals surface area (Å²) in [6, 6.07) is 7.00. The van der Waals surface area contributed by atoms with Crippen molar-refractivity contribution in [1.82, 2.24) is 9.97 Å². The van der Waals surface area contributed by atoms with E-state index in [-0.39, 0.29) is 22.9 Å². The number of nitrogens with two attached hydrogens (primary N) is 1. The SMILES string of the molecule is CCOc1ccc([C@@H]2C(C#N)=C(N)Oc3[nH]c(=O)[nH]c(=O)c32)cc1OC. The van der Waals surface area contributed by atoms with Gasteiger partial charge >= 0.3 is 5.69 Å². The number of H-pyrrole nitrogens is 2. The Kier molecular flexibility index (Phi) is 4.41. The summed E-state index contributed by atoms with van der Waals surface area (Å²) >= 11 is 0. The van der Waals surface area contributed by atoms with E-state index < -0.39 is 17.2 Å². The van der Waals surface area contributed by atoms with Crippen LogP contribution in [-0.4, -0.2) is 23.7 Å². The van der Waals surface area contributed by atoms with Crippen LogP contribution in [0.1, 0.15) is 24.0 Å². The number of nitrogens with one attached hydrogen (secondary N) is 2. The maximum absolute atomic E-state index is 12.4. The fourth-order valence-corrected chi connectivity index (χ4v) is 2.86. The summed E-state index contributed by atoms with van der Waals surface area (Å²) in [7, 11) is 1.49. The van der Waals surface area contributed by atoms with Crippen LogP contribution in [0.15, 0.2) is 39.2 Å². The fraction of sp³-hybridized carbons (Fsp3) is 0.235. The average molecular weight is 356 g/mol. The minimum absolute atomic E-state index is 0.0567. The number of hydrogen-bond acceptors (Lipinski definition) is 7. The minimum Gasteiger partial charge on any atom is -0.493 e. The number of ether oxygens (including phenoxy) is 3. The van der Waals surface area contributed by atoms with Gasteiger partial charge in [-0.2, -0.15) is 5.26 Å². The summed E-state index contributed by atoms with van der Waals surface area (Å²) in [6.45, 7) is 2.29. The van der Waals surface area contributed by atoms with Crippen molar-refractivity contribution in [2.24, 2.45) is 5.73 Å². The fourth-order valence-electron chi connectivity index (χ4n) is 2.86. The number of aromatic nitrogens is 2. The summed E-state index contributed by atoms with van der Waals surface area (Å²) in [5.74, 6) is -0.132. The second kappa shape index (κ2) is 6.68. The Labute approximate surface area is 147 Å². The quantitative estimate of drug-likeness (QED) is 0.731. The predicted molar refractivity (Wildman–Crippen MR) is 91.1 cm³/mol. The lowest BCUT2D eigenvalue weighted by Crippen LogP contribution is -2.33. The molecule has 9 heteroatoms. The molecule has 0 amide bonds. The highest BCUT2D eigenvalue weighted by Gasteiger charge is 2.34. The number of benzene rings is 1. The predicted octanol–water partition coefficient (Wildman–Crippen LogP) is 0.689. The van der Waals surface area contributed by atoms with Crippen LogP contribution in [0.25, 0.3) is 0 Å². The van der Waals surface area contributed by atoms with E-state index in [2.05, 4.69) is 9.97 Å². The lowest BCUT2D eigenvalue weighted by atomic mass is 9.85. The monoisotopic (exact) mass is 356 g/mol. The molecule has 1 aliphatic heterocycles. The molecule has 2 heterocycles. The maximum Gasteiger partial charge on any atom is 0.328 e. The number of rotatable bonds is 4. The van der Waals surface area contributed by atoms with Crippen LogP contribution in [0, 0.1) is 11.3 Å². The third kappa shape index (κ3) is 2.77. The van der Waals surface area contributed by atoms with E-state index in [1.165, 1.54) is 7.11 Å². The van der Waals surface area contributed by atoms with Gasteiger partial charge in [0.15, 0.2) is 11.5 Å². The summed E-state index contributed by atoms with van der Waals surface area (Å²) in [6.07, 6.45) is 0. The second-order valence-corrected chi connectivity index (χ2v) is 5.42. The third-order valence-electron chi connectivity index (χ3n) is 3.94. The van der Waals surface area contributed by atoms with Crippen LogP contribution < -0.4 is 31.2 Å². The van der Waals surface area contributed by atoms with Crippen molar-refractivity contribution in [3.63, 3.8) is 0 Å². The second-order valence-electron chi connectivity index (χ2n) is 5.42. The van der Waals surface area contributed by atoms with Crippen molar-refractivity contribution in [3.8, 4) is 23.4 Å². The van der Waals surface area contributed by atoms with Crippen molar-refractivity contribution in [1.29, 1.82) is 5.26 Å². The summed E-state index contributed by atoms with van der Waals surface area (Å²) < 4.78 is 16.1. The van der Waals surface area contributed by atoms with Crippen molar-refractivity contribution < 1.29 is 14.2 Å². The van der Waals surface area contributed by atoms with Crippen LogP contribution in [0.4, 0.5) is 0 Å². The molecule has 0 saturated carbocycles. The molecule has 9 nitrogen and oxygen atoms in total. The van der Waals surface area contributed by atoms with Crippen LogP contribution in [0.5, 0.6) is 17.4 Å². The molecule has 0 fully saturated rings. The number of hydrogen-bond donors (Lipinski definition) is 3. The van der Waals surface area contributed by atoms with Gasteiger partial charge in [0, 0.05) is 0 Å². The molecule has 1 aromatic carbocycles. The van der Waals surface area contributed by atoms with E-state index in [1.54, 1.807) is 18.2 Å². The van der Waals surface area contributed by atoms with E-state index in [0.29, 0.717) is 23.7 Å². The summed E-state index contributed by atoms with van der Waals surface area (Å²) in [5.41, 5.74) is 5.13. The van der Waals surface area contributed by atoms with Crippen molar-refractivity contribution in [3.05, 3.63) is 61.6 Å². The first-order chi connectivity index (χ1) is 12.5. The summed E-state index contributed by atoms with van der Waals surface area (Å²) in [4.78, 5) is 28.4. The van der Waals surface area contributed by atoms with Crippen LogP contribution in [0.3, 0.4) is 0 Å². The van der Waals surface area contributed by atoms with E-state index in [0.717, 1.165) is 0 Å². The van der Waals surface area contributed by atoms with Gasteiger partial charge in [0.2, 0.25) is 11.8 Å². The molecule has 26 heavy (non-hydrogen) atoms. The maximum atomic E-state index is 12.4. The molecular formula is C17H16N4O5. The smallest absolute Gasteiger partial charge is 0.328 e. The molecule has 0 spiro atoms. The highest BCUT2D eigenvalue weighted by atomic mass is 16.5. The topological polar surface area (TPSA) is 143 Å². The van der Waals surface area contributed by atoms with Gasteiger partial charge in [-0.15, -0.1) is 0 Å². The molecule has 2 aromatic rings. The Morgan fingerprint density at radius 2 is 2.08 bits per heavy atom. The van der Waals surface area contributed by atoms with E-state index in [1.807, 2.05) is 13.0 Å². The lowest BCUT2D eigenvalue weighted by molar-refractivity contribution is 0.310. The zero-order chi connectivity index (χ0) is 18.8. The highest BCUT2D eigenvalue weighted by Crippen LogP contribution is 2.41. The molecule has 1 aromatic heterocycles. The molecule has 1 atom stereocenters. The van der Waals surface area contributed by atoms with Crippen molar-refractivity contribution in [2.75, 3.05) is 13.7 Å². The molecule has 4 N–H and O–H groups in total. The van der Waals surface area contributed by atoms with E-state index >= 15 is 0 Å². The van der Waals surface area contributed by atoms with Crippen molar-refractivity contribution >= 4 is 0 Å². The molecule has 134 valence electrons. The minimum atomic E-state index is -0.825. The number of aromatic amines is 2. The van der Waals surface area contributed by atoms with Gasteiger partial charge in [-0.05, 0) is 24.6 Å². The summed E-state index contributed by atoms with van der Waals surface area (Å²) in [5, 5.41) is 9.52. The van der Waals surface area contributed by atoms with Gasteiger partial charge in [-0.1, -0.05) is 6.07 Å². The number of methoxy groups -OCH3 is 1. The molecule has 0 saturated heterocycles. The normalized spacial score (nSPS) is 15.7. The number of fused-ring (bicyclic) bond motifs is 1. The molecule has 1 aliphatic rings. The first kappa shape index (κ1) is 17.2. The molecule has 0 bridgehead atoms. The first-order valence-corrected chi connectivity index (χ1v) is 7.75. The number of allylic oxidation sites excluding steroid dienone is 1. The Morgan fingerprint density at radius 1 is 1.31 bits per heavy atom. The average Bonchev–Trinajstić information content (AvgIpc) is 2.61. The van der Waals surface area contributed by atoms with E-state index in [9.17, 15) is 14.9 Å². The molecular weight excluding hydrogens is 340 g/mol. The Hall–Kier alpha value is -3.67. The molecule has 0 radical (unpaired) electrons. The van der Waals surface area contributed by atoms with Gasteiger partial charge in [-0.3, -0.25) is 14.8 Å². The largest absolute Gasteiger partial charge is 0.493 e. The van der Waals surface area contributed by atoms with Gasteiger partial charge in [0.05, 0.1) is 25.2 Å². The Balaban J connectivity index is 2.25. The van der Waals surface area contributed by atoms with Crippen LogP contribution in [-0.2, 0) is 0 Å². The van der Waals surface area contributed by atoms with Gasteiger partial charge < -0.3 is 19.9 Å². The van der Waals surface area contributed by atoms with Gasteiger partial charge in [-0.25, -0.2) is 4.79 Å². The molecule has 0 unspecified atom stereocenters. The van der Waals surface area contributed by atoms with E-state index in [4.69, 9.17) is 19.9 Å². The molecule has 3 rings (SSSR count). The number of nitriles is 1. The van der Waals surface area contributed by atoms with Gasteiger partial charge in [0.25, 0.3) is 5.56 Å². The lowest BCUT2D eigenvalue weighted by Gasteiger charge is -2.25. The van der Waals surface area contributed by atoms with Crippen molar-refractivity contribution in [2.45, 2.75) is 12.8 Å². The van der Waals surface area contributed by atoms with Crippen LogP contribution >= 0.6 is 0 Å². The Bertz CT molecular complexity index is 1040. The van der Waals surface area contributed by atoms with Gasteiger partial charge in [0.1, 0.15) is 11.6 Å².